The predicted molar refractivity (Wildman–Crippen MR) is 108 cm³/mol. The van der Waals surface area contributed by atoms with E-state index in [1.807, 2.05) is 0 Å². The van der Waals surface area contributed by atoms with Gasteiger partial charge in [-0.3, -0.25) is 0 Å². The van der Waals surface area contributed by atoms with Crippen LogP contribution in [0, 0.1) is 5.92 Å². The van der Waals surface area contributed by atoms with Crippen molar-refractivity contribution in [3.8, 4) is 0 Å². The lowest BCUT2D eigenvalue weighted by molar-refractivity contribution is 0.372. The maximum Gasteiger partial charge on any atom is 0.183 e. The lowest BCUT2D eigenvalue weighted by Crippen LogP contribution is -2.35. The average molecular weight is 365 g/mol. The van der Waals surface area contributed by atoms with Crippen molar-refractivity contribution < 1.29 is 0 Å². The summed E-state index contributed by atoms with van der Waals surface area (Å²) >= 11 is 0. The number of aromatic nitrogens is 4. The van der Waals surface area contributed by atoms with Gasteiger partial charge in [-0.2, -0.15) is 0 Å². The average Bonchev–Trinajstić information content (AvgIpc) is 2.78. The molecule has 0 aliphatic heterocycles. The van der Waals surface area contributed by atoms with Crippen molar-refractivity contribution in [3.05, 3.63) is 89.5 Å². The van der Waals surface area contributed by atoms with Gasteiger partial charge in [0.05, 0.1) is 0 Å². The Labute approximate surface area is 162 Å². The van der Waals surface area contributed by atoms with E-state index in [0.29, 0.717) is 23.4 Å². The fraction of sp³-hybridized carbons (Fsp3) is 0.217. The van der Waals surface area contributed by atoms with Gasteiger partial charge in [0.25, 0.3) is 0 Å². The number of anilines is 1. The quantitative estimate of drug-likeness (QED) is 0.591. The van der Waals surface area contributed by atoms with E-state index in [0.717, 1.165) is 24.3 Å². The molecule has 0 unspecified atom stereocenters. The molecule has 2 bridgehead atoms. The molecule has 2 aromatic heterocycles. The molecule has 28 heavy (non-hydrogen) atoms. The van der Waals surface area contributed by atoms with Crippen molar-refractivity contribution in [2.45, 2.75) is 18.3 Å². The fourth-order valence-corrected chi connectivity index (χ4v) is 5.11. The van der Waals surface area contributed by atoms with Crippen molar-refractivity contribution >= 4 is 17.0 Å². The van der Waals surface area contributed by atoms with Crippen molar-refractivity contribution in [1.82, 2.24) is 19.9 Å². The smallest absolute Gasteiger partial charge is 0.183 e. The van der Waals surface area contributed by atoms with Gasteiger partial charge in [-0.05, 0) is 34.6 Å². The van der Waals surface area contributed by atoms with Gasteiger partial charge in [0.15, 0.2) is 11.5 Å². The summed E-state index contributed by atoms with van der Waals surface area (Å²) in [6, 6.07) is 17.9. The normalized spacial score (nSPS) is 21.9. The number of hydrogen-bond acceptors (Lipinski definition) is 5. The Balaban J connectivity index is 1.37. The summed E-state index contributed by atoms with van der Waals surface area (Å²) in [6.45, 7) is 0.854. The third kappa shape index (κ3) is 2.26. The molecule has 3 aliphatic carbocycles. The molecule has 136 valence electrons. The number of rotatable bonds is 3. The van der Waals surface area contributed by atoms with Gasteiger partial charge in [-0.25, -0.2) is 19.9 Å². The maximum atomic E-state index is 4.42. The van der Waals surface area contributed by atoms with Gasteiger partial charge in [0.2, 0.25) is 0 Å². The topological polar surface area (TPSA) is 63.6 Å². The SMILES string of the molecule is c1ccc2c(c1)C1C[C@@H](CNc3ncnc4nccnc34)C2c2ccccc21. The molecule has 4 aromatic rings. The lowest BCUT2D eigenvalue weighted by Gasteiger charge is -2.45. The van der Waals surface area contributed by atoms with Gasteiger partial charge in [0.1, 0.15) is 11.8 Å². The molecule has 5 nitrogen and oxygen atoms in total. The van der Waals surface area contributed by atoms with Gasteiger partial charge < -0.3 is 5.32 Å². The molecule has 0 amide bonds. The highest BCUT2D eigenvalue weighted by Crippen LogP contribution is 2.55. The Morgan fingerprint density at radius 3 is 2.21 bits per heavy atom. The number of nitrogens with one attached hydrogen (secondary N) is 1. The van der Waals surface area contributed by atoms with Crippen LogP contribution >= 0.6 is 0 Å². The molecule has 1 atom stereocenters. The van der Waals surface area contributed by atoms with Gasteiger partial charge in [0, 0.05) is 30.8 Å². The molecule has 0 saturated carbocycles. The molecule has 3 aliphatic rings. The first-order valence-corrected chi connectivity index (χ1v) is 9.73. The molecular formula is C23H19N5. The molecule has 1 N–H and O–H groups in total. The van der Waals surface area contributed by atoms with Crippen LogP contribution in [0.3, 0.4) is 0 Å². The molecular weight excluding hydrogens is 346 g/mol. The molecule has 0 spiro atoms. The van der Waals surface area contributed by atoms with Crippen LogP contribution in [-0.4, -0.2) is 26.5 Å². The minimum Gasteiger partial charge on any atom is -0.368 e. The minimum absolute atomic E-state index is 0.420. The van der Waals surface area contributed by atoms with E-state index in [1.54, 1.807) is 18.7 Å². The standard InChI is InChI=1S/C23H19N5/c1-3-7-17-15(5-1)19-11-14(20(17)18-8-4-2-6-16(18)19)12-26-23-21-22(27-13-28-23)25-10-9-24-21/h1-10,13-14,19-20H,11-12H2,(H,25,26,27,28)/t14-,19?,20?/m0/s1. The van der Waals surface area contributed by atoms with Gasteiger partial charge >= 0.3 is 0 Å². The third-order valence-corrected chi connectivity index (χ3v) is 6.22. The first kappa shape index (κ1) is 15.7. The summed E-state index contributed by atoms with van der Waals surface area (Å²) in [5, 5.41) is 3.55. The van der Waals surface area contributed by atoms with E-state index in [1.165, 1.54) is 22.3 Å². The number of benzene rings is 2. The number of nitrogens with zero attached hydrogens (tertiary/aromatic N) is 4. The second kappa shape index (κ2) is 6.09. The zero-order valence-corrected chi connectivity index (χ0v) is 15.3. The van der Waals surface area contributed by atoms with Crippen molar-refractivity contribution in [3.63, 3.8) is 0 Å². The molecule has 7 rings (SSSR count). The predicted octanol–water partition coefficient (Wildman–Crippen LogP) is 4.13. The van der Waals surface area contributed by atoms with Crippen LogP contribution < -0.4 is 5.32 Å². The van der Waals surface area contributed by atoms with Crippen molar-refractivity contribution in [2.75, 3.05) is 11.9 Å². The second-order valence-electron chi connectivity index (χ2n) is 7.62. The lowest BCUT2D eigenvalue weighted by atomic mass is 9.59. The van der Waals surface area contributed by atoms with Gasteiger partial charge in [-0.1, -0.05) is 48.5 Å². The first-order chi connectivity index (χ1) is 13.9. The molecule has 0 saturated heterocycles. The van der Waals surface area contributed by atoms with Crippen LogP contribution in [0.25, 0.3) is 11.2 Å². The fourth-order valence-electron chi connectivity index (χ4n) is 5.11. The van der Waals surface area contributed by atoms with E-state index in [4.69, 9.17) is 0 Å². The zero-order chi connectivity index (χ0) is 18.5. The summed E-state index contributed by atoms with van der Waals surface area (Å²) in [4.78, 5) is 17.3. The summed E-state index contributed by atoms with van der Waals surface area (Å²) < 4.78 is 0. The van der Waals surface area contributed by atoms with Crippen LogP contribution in [0.4, 0.5) is 5.82 Å². The first-order valence-electron chi connectivity index (χ1n) is 9.73. The molecule has 2 heterocycles. The minimum atomic E-state index is 0.420. The van der Waals surface area contributed by atoms with E-state index in [2.05, 4.69) is 73.8 Å². The molecule has 0 radical (unpaired) electrons. The Kier molecular flexibility index (Phi) is 3.41. The van der Waals surface area contributed by atoms with Crippen molar-refractivity contribution in [2.24, 2.45) is 5.92 Å². The van der Waals surface area contributed by atoms with E-state index >= 15 is 0 Å². The van der Waals surface area contributed by atoms with Crippen LogP contribution in [-0.2, 0) is 0 Å². The summed E-state index contributed by atoms with van der Waals surface area (Å²) in [5.41, 5.74) is 7.32. The second-order valence-corrected chi connectivity index (χ2v) is 7.62. The van der Waals surface area contributed by atoms with E-state index in [-0.39, 0.29) is 0 Å². The zero-order valence-electron chi connectivity index (χ0n) is 15.3. The highest BCUT2D eigenvalue weighted by atomic mass is 15.1. The summed E-state index contributed by atoms with van der Waals surface area (Å²) in [6.07, 6.45) is 6.05. The summed E-state index contributed by atoms with van der Waals surface area (Å²) in [5.74, 6) is 2.17. The Hall–Kier alpha value is -3.34. The molecule has 2 aromatic carbocycles. The molecule has 0 fully saturated rings. The van der Waals surface area contributed by atoms with Crippen molar-refractivity contribution in [1.29, 1.82) is 0 Å². The Morgan fingerprint density at radius 2 is 1.46 bits per heavy atom. The third-order valence-electron chi connectivity index (χ3n) is 6.22. The number of hydrogen-bond donors (Lipinski definition) is 1. The van der Waals surface area contributed by atoms with Gasteiger partial charge in [-0.15, -0.1) is 0 Å². The Morgan fingerprint density at radius 1 is 0.786 bits per heavy atom. The summed E-state index contributed by atoms with van der Waals surface area (Å²) in [7, 11) is 0. The Bertz CT molecular complexity index is 1140. The number of fused-ring (bicyclic) bond motifs is 2. The highest BCUT2D eigenvalue weighted by Gasteiger charge is 2.42. The van der Waals surface area contributed by atoms with Crippen LogP contribution in [0.5, 0.6) is 0 Å². The largest absolute Gasteiger partial charge is 0.368 e. The molecule has 5 heteroatoms. The maximum absolute atomic E-state index is 4.42. The van der Waals surface area contributed by atoms with Crippen LogP contribution in [0.1, 0.15) is 40.5 Å². The van der Waals surface area contributed by atoms with Crippen LogP contribution in [0.2, 0.25) is 0 Å². The highest BCUT2D eigenvalue weighted by molar-refractivity contribution is 5.81. The van der Waals surface area contributed by atoms with E-state index in [9.17, 15) is 0 Å². The van der Waals surface area contributed by atoms with E-state index < -0.39 is 0 Å². The monoisotopic (exact) mass is 365 g/mol. The van der Waals surface area contributed by atoms with Crippen LogP contribution in [0.15, 0.2) is 67.3 Å².